The highest BCUT2D eigenvalue weighted by molar-refractivity contribution is 6.09. The second-order valence-corrected chi connectivity index (χ2v) is 6.58. The smallest absolute Gasteiger partial charge is 0.415 e. The van der Waals surface area contributed by atoms with Gasteiger partial charge in [-0.1, -0.05) is 97.6 Å². The number of hydrogen-bond donors (Lipinski definition) is 0. The molecule has 1 fully saturated rings. The Morgan fingerprint density at radius 2 is 1.29 bits per heavy atom. The van der Waals surface area contributed by atoms with E-state index in [2.05, 4.69) is 6.58 Å². The van der Waals surface area contributed by atoms with Crippen molar-refractivity contribution in [3.05, 3.63) is 120 Å². The monoisotopic (exact) mass is 369 g/mol. The summed E-state index contributed by atoms with van der Waals surface area (Å²) in [5, 5.41) is 0. The molecule has 0 N–H and O–H groups in total. The number of Topliss-reactive ketones (excluding diaryl/α,β-unsaturated/α-hetero) is 1. The molecule has 0 saturated carbocycles. The molecule has 4 heteroatoms. The molecule has 0 unspecified atom stereocenters. The number of allylic oxidation sites excluding steroid dienone is 1. The van der Waals surface area contributed by atoms with Gasteiger partial charge in [0.15, 0.2) is 6.10 Å². The van der Waals surface area contributed by atoms with E-state index >= 15 is 0 Å². The number of amides is 1. The van der Waals surface area contributed by atoms with E-state index in [1.165, 1.54) is 4.90 Å². The molecular formula is C24H19NO3. The molecule has 4 nitrogen and oxygen atoms in total. The van der Waals surface area contributed by atoms with Gasteiger partial charge in [-0.3, -0.25) is 9.69 Å². The number of hydrogen-bond acceptors (Lipinski definition) is 3. The molecule has 1 aliphatic rings. The lowest BCUT2D eigenvalue weighted by Gasteiger charge is -2.26. The highest BCUT2D eigenvalue weighted by Gasteiger charge is 2.46. The molecule has 0 aromatic heterocycles. The molecule has 4 rings (SSSR count). The van der Waals surface area contributed by atoms with E-state index in [0.717, 1.165) is 11.1 Å². The zero-order valence-electron chi connectivity index (χ0n) is 15.2. The van der Waals surface area contributed by atoms with Crippen molar-refractivity contribution in [2.75, 3.05) is 0 Å². The fourth-order valence-corrected chi connectivity index (χ4v) is 3.49. The van der Waals surface area contributed by atoms with Crippen molar-refractivity contribution >= 4 is 11.9 Å². The number of rotatable bonds is 5. The Labute approximate surface area is 163 Å². The maximum absolute atomic E-state index is 12.9. The van der Waals surface area contributed by atoms with Crippen molar-refractivity contribution in [3.8, 4) is 0 Å². The summed E-state index contributed by atoms with van der Waals surface area (Å²) in [4.78, 5) is 27.1. The van der Waals surface area contributed by atoms with Gasteiger partial charge < -0.3 is 4.74 Å². The molecule has 3 aromatic carbocycles. The van der Waals surface area contributed by atoms with Crippen LogP contribution in [0.25, 0.3) is 0 Å². The fourth-order valence-electron chi connectivity index (χ4n) is 3.49. The summed E-state index contributed by atoms with van der Waals surface area (Å²) in [7, 11) is 0. The third kappa shape index (κ3) is 3.21. The van der Waals surface area contributed by atoms with Crippen LogP contribution in [0.1, 0.15) is 33.6 Å². The minimum Gasteiger partial charge on any atom is -0.438 e. The predicted octanol–water partition coefficient (Wildman–Crippen LogP) is 5.32. The molecular weight excluding hydrogens is 350 g/mol. The molecule has 1 heterocycles. The van der Waals surface area contributed by atoms with Crippen molar-refractivity contribution in [1.82, 2.24) is 4.90 Å². The Hall–Kier alpha value is -3.66. The van der Waals surface area contributed by atoms with Crippen LogP contribution in [0.15, 0.2) is 103 Å². The van der Waals surface area contributed by atoms with Crippen molar-refractivity contribution in [1.29, 1.82) is 0 Å². The molecule has 0 aliphatic carbocycles. The average molecular weight is 369 g/mol. The first-order valence-electron chi connectivity index (χ1n) is 9.05. The third-order valence-corrected chi connectivity index (χ3v) is 4.85. The number of nitrogens with zero attached hydrogens (tertiary/aromatic N) is 1. The molecule has 2 atom stereocenters. The molecule has 138 valence electrons. The summed E-state index contributed by atoms with van der Waals surface area (Å²) in [5.74, 6) is -0.299. The topological polar surface area (TPSA) is 46.6 Å². The Kier molecular flexibility index (Phi) is 4.77. The van der Waals surface area contributed by atoms with Crippen LogP contribution in [0.2, 0.25) is 0 Å². The van der Waals surface area contributed by atoms with Crippen LogP contribution in [-0.2, 0) is 4.74 Å². The lowest BCUT2D eigenvalue weighted by Crippen LogP contribution is -2.31. The summed E-state index contributed by atoms with van der Waals surface area (Å²) in [6.07, 6.45) is -1.10. The van der Waals surface area contributed by atoms with Gasteiger partial charge in [-0.05, 0) is 11.1 Å². The summed E-state index contributed by atoms with van der Waals surface area (Å²) < 4.78 is 5.71. The summed E-state index contributed by atoms with van der Waals surface area (Å²) >= 11 is 0. The number of ether oxygens (including phenoxy) is 1. The number of ketones is 1. The quantitative estimate of drug-likeness (QED) is 0.452. The van der Waals surface area contributed by atoms with Gasteiger partial charge in [0.2, 0.25) is 5.78 Å². The minimum absolute atomic E-state index is 0.100. The van der Waals surface area contributed by atoms with Crippen LogP contribution in [0, 0.1) is 0 Å². The van der Waals surface area contributed by atoms with Crippen molar-refractivity contribution < 1.29 is 14.3 Å². The second-order valence-electron chi connectivity index (χ2n) is 6.58. The first-order chi connectivity index (χ1) is 13.7. The average Bonchev–Trinajstić information content (AvgIpc) is 3.11. The second kappa shape index (κ2) is 7.53. The SMILES string of the molecule is C=C(C(=O)c1ccccc1)N1C(=O)O[C@H](c2ccccc2)[C@@H]1c1ccccc1. The van der Waals surface area contributed by atoms with Gasteiger partial charge in [0.05, 0.1) is 5.70 Å². The van der Waals surface area contributed by atoms with E-state index in [9.17, 15) is 9.59 Å². The van der Waals surface area contributed by atoms with E-state index in [1.807, 2.05) is 66.7 Å². The van der Waals surface area contributed by atoms with Crippen LogP contribution in [-0.4, -0.2) is 16.8 Å². The highest BCUT2D eigenvalue weighted by atomic mass is 16.6. The van der Waals surface area contributed by atoms with E-state index < -0.39 is 18.2 Å². The van der Waals surface area contributed by atoms with Gasteiger partial charge in [0.1, 0.15) is 6.04 Å². The Morgan fingerprint density at radius 3 is 1.86 bits per heavy atom. The first kappa shape index (κ1) is 17.7. The van der Waals surface area contributed by atoms with E-state index in [0.29, 0.717) is 5.56 Å². The maximum Gasteiger partial charge on any atom is 0.415 e. The van der Waals surface area contributed by atoms with Crippen LogP contribution in [0.5, 0.6) is 0 Å². The van der Waals surface area contributed by atoms with E-state index in [1.54, 1.807) is 24.3 Å². The van der Waals surface area contributed by atoms with Crippen molar-refractivity contribution in [2.24, 2.45) is 0 Å². The lowest BCUT2D eigenvalue weighted by atomic mass is 9.94. The zero-order chi connectivity index (χ0) is 19.5. The van der Waals surface area contributed by atoms with Crippen molar-refractivity contribution in [3.63, 3.8) is 0 Å². The molecule has 1 amide bonds. The van der Waals surface area contributed by atoms with Gasteiger partial charge in [-0.25, -0.2) is 4.79 Å². The normalized spacial score (nSPS) is 18.6. The molecule has 3 aromatic rings. The summed E-state index contributed by atoms with van der Waals surface area (Å²) in [6.45, 7) is 3.94. The fraction of sp³-hybridized carbons (Fsp3) is 0.0833. The summed E-state index contributed by atoms with van der Waals surface area (Å²) in [5.41, 5.74) is 2.33. The number of carbonyl (C=O) groups excluding carboxylic acids is 2. The Bertz CT molecular complexity index is 1000. The first-order valence-corrected chi connectivity index (χ1v) is 9.05. The van der Waals surface area contributed by atoms with Gasteiger partial charge >= 0.3 is 6.09 Å². The van der Waals surface area contributed by atoms with Crippen molar-refractivity contribution in [2.45, 2.75) is 12.1 Å². The summed E-state index contributed by atoms with van der Waals surface area (Å²) in [6, 6.07) is 27.5. The molecule has 0 radical (unpaired) electrons. The van der Waals surface area contributed by atoms with Crippen LogP contribution >= 0.6 is 0 Å². The Balaban J connectivity index is 1.75. The highest BCUT2D eigenvalue weighted by Crippen LogP contribution is 2.45. The maximum atomic E-state index is 12.9. The molecule has 0 spiro atoms. The molecule has 0 bridgehead atoms. The molecule has 28 heavy (non-hydrogen) atoms. The standard InChI is InChI=1S/C24H19NO3/c1-17(22(26)19-13-7-3-8-14-19)25-21(18-11-5-2-6-12-18)23(28-24(25)27)20-15-9-4-10-16-20/h2-16,21,23H,1H2/t21-,23+/m0/s1. The Morgan fingerprint density at radius 1 is 0.786 bits per heavy atom. The van der Waals surface area contributed by atoms with E-state index in [4.69, 9.17) is 4.74 Å². The number of benzene rings is 3. The van der Waals surface area contributed by atoms with Gasteiger partial charge in [-0.2, -0.15) is 0 Å². The lowest BCUT2D eigenvalue weighted by molar-refractivity contribution is 0.0989. The third-order valence-electron chi connectivity index (χ3n) is 4.85. The van der Waals surface area contributed by atoms with Gasteiger partial charge in [0.25, 0.3) is 0 Å². The van der Waals surface area contributed by atoms with E-state index in [-0.39, 0.29) is 11.5 Å². The largest absolute Gasteiger partial charge is 0.438 e. The minimum atomic E-state index is -0.572. The van der Waals surface area contributed by atoms with Crippen LogP contribution < -0.4 is 0 Å². The molecule has 1 aliphatic heterocycles. The molecule has 1 saturated heterocycles. The zero-order valence-corrected chi connectivity index (χ0v) is 15.2. The van der Waals surface area contributed by atoms with Gasteiger partial charge in [-0.15, -0.1) is 0 Å². The number of carbonyl (C=O) groups is 2. The van der Waals surface area contributed by atoms with Crippen LogP contribution in [0.3, 0.4) is 0 Å². The van der Waals surface area contributed by atoms with Gasteiger partial charge in [0, 0.05) is 5.56 Å². The van der Waals surface area contributed by atoms with Crippen LogP contribution in [0.4, 0.5) is 4.79 Å². The number of cyclic esters (lactones) is 1. The predicted molar refractivity (Wildman–Crippen MR) is 107 cm³/mol.